The van der Waals surface area contributed by atoms with Crippen LogP contribution < -0.4 is 10.6 Å². The van der Waals surface area contributed by atoms with Crippen molar-refractivity contribution in [2.45, 2.75) is 12.6 Å². The minimum absolute atomic E-state index is 0.175. The van der Waals surface area contributed by atoms with Gasteiger partial charge >= 0.3 is 6.03 Å². The lowest BCUT2D eigenvalue weighted by molar-refractivity contribution is 0.0660. The van der Waals surface area contributed by atoms with E-state index in [1.807, 2.05) is 30.3 Å². The molecule has 1 unspecified atom stereocenters. The van der Waals surface area contributed by atoms with Crippen LogP contribution in [0.4, 0.5) is 4.79 Å². The molecule has 0 spiro atoms. The van der Waals surface area contributed by atoms with Gasteiger partial charge in [0, 0.05) is 20.2 Å². The quantitative estimate of drug-likeness (QED) is 0.675. The zero-order valence-electron chi connectivity index (χ0n) is 9.85. The molecule has 0 aliphatic rings. The number of urea groups is 1. The molecule has 94 valence electrons. The first kappa shape index (κ1) is 13.5. The summed E-state index contributed by atoms with van der Waals surface area (Å²) in [4.78, 5) is 11.4. The van der Waals surface area contributed by atoms with Crippen LogP contribution >= 0.6 is 0 Å². The summed E-state index contributed by atoms with van der Waals surface area (Å²) in [6, 6.07) is 9.31. The topological polar surface area (TPSA) is 70.6 Å². The van der Waals surface area contributed by atoms with Crippen molar-refractivity contribution in [3.05, 3.63) is 35.9 Å². The highest BCUT2D eigenvalue weighted by atomic mass is 16.5. The van der Waals surface area contributed by atoms with Gasteiger partial charge in [0.25, 0.3) is 0 Å². The van der Waals surface area contributed by atoms with E-state index in [0.29, 0.717) is 6.54 Å². The van der Waals surface area contributed by atoms with E-state index in [2.05, 4.69) is 10.6 Å². The third-order valence-corrected chi connectivity index (χ3v) is 2.15. The zero-order chi connectivity index (χ0) is 12.5. The highest BCUT2D eigenvalue weighted by molar-refractivity contribution is 5.73. The van der Waals surface area contributed by atoms with Gasteiger partial charge in [-0.1, -0.05) is 30.3 Å². The van der Waals surface area contributed by atoms with Gasteiger partial charge in [-0.05, 0) is 5.56 Å². The van der Waals surface area contributed by atoms with E-state index >= 15 is 0 Å². The molecule has 1 atom stereocenters. The lowest BCUT2D eigenvalue weighted by Gasteiger charge is -2.11. The Kier molecular flexibility index (Phi) is 6.06. The average Bonchev–Trinajstić information content (AvgIpc) is 2.35. The van der Waals surface area contributed by atoms with Crippen LogP contribution in [0.2, 0.25) is 0 Å². The Morgan fingerprint density at radius 1 is 1.35 bits per heavy atom. The zero-order valence-corrected chi connectivity index (χ0v) is 9.85. The predicted molar refractivity (Wildman–Crippen MR) is 64.6 cm³/mol. The van der Waals surface area contributed by atoms with Crippen molar-refractivity contribution in [3.8, 4) is 0 Å². The number of rotatable bonds is 6. The van der Waals surface area contributed by atoms with Crippen LogP contribution in [0, 0.1) is 0 Å². The first-order valence-electron chi connectivity index (χ1n) is 5.45. The molecular formula is C12H18N2O3. The Labute approximate surface area is 101 Å². The van der Waals surface area contributed by atoms with Crippen molar-refractivity contribution in [2.24, 2.45) is 0 Å². The number of aliphatic hydroxyl groups is 1. The van der Waals surface area contributed by atoms with Gasteiger partial charge in [0.2, 0.25) is 0 Å². The number of carbonyl (C=O) groups excluding carboxylic acids is 1. The smallest absolute Gasteiger partial charge is 0.315 e. The first-order chi connectivity index (χ1) is 8.22. The molecule has 0 saturated carbocycles. The number of amides is 2. The second-order valence-electron chi connectivity index (χ2n) is 3.66. The number of carbonyl (C=O) groups is 1. The number of aliphatic hydroxyl groups excluding tert-OH is 1. The summed E-state index contributed by atoms with van der Waals surface area (Å²) in [6.07, 6.45) is -0.678. The van der Waals surface area contributed by atoms with Crippen molar-refractivity contribution < 1.29 is 14.6 Å². The van der Waals surface area contributed by atoms with Crippen molar-refractivity contribution >= 4 is 6.03 Å². The Hall–Kier alpha value is -1.59. The summed E-state index contributed by atoms with van der Waals surface area (Å²) in [5.74, 6) is 0. The number of nitrogens with one attached hydrogen (secondary N) is 2. The predicted octanol–water partition coefficient (Wildman–Crippen LogP) is 0.493. The largest absolute Gasteiger partial charge is 0.389 e. The average molecular weight is 238 g/mol. The minimum Gasteiger partial charge on any atom is -0.389 e. The van der Waals surface area contributed by atoms with Crippen LogP contribution in [0.5, 0.6) is 0 Å². The fourth-order valence-corrected chi connectivity index (χ4v) is 1.30. The minimum atomic E-state index is -0.678. The molecule has 0 fully saturated rings. The molecule has 5 nitrogen and oxygen atoms in total. The van der Waals surface area contributed by atoms with Crippen molar-refractivity contribution in [1.82, 2.24) is 10.6 Å². The van der Waals surface area contributed by atoms with E-state index in [1.165, 1.54) is 7.11 Å². The fourth-order valence-electron chi connectivity index (χ4n) is 1.30. The molecule has 0 aliphatic heterocycles. The first-order valence-corrected chi connectivity index (χ1v) is 5.45. The molecule has 1 rings (SSSR count). The number of hydrogen-bond acceptors (Lipinski definition) is 3. The Morgan fingerprint density at radius 3 is 2.71 bits per heavy atom. The number of hydrogen-bond donors (Lipinski definition) is 3. The number of benzene rings is 1. The van der Waals surface area contributed by atoms with Crippen LogP contribution in [0.3, 0.4) is 0 Å². The maximum Gasteiger partial charge on any atom is 0.315 e. The van der Waals surface area contributed by atoms with E-state index in [0.717, 1.165) is 5.56 Å². The van der Waals surface area contributed by atoms with Crippen LogP contribution in [0.25, 0.3) is 0 Å². The van der Waals surface area contributed by atoms with Gasteiger partial charge in [-0.2, -0.15) is 0 Å². The molecule has 5 heteroatoms. The van der Waals surface area contributed by atoms with Crippen LogP contribution in [-0.4, -0.2) is 37.5 Å². The molecule has 0 heterocycles. The van der Waals surface area contributed by atoms with E-state index in [9.17, 15) is 9.90 Å². The molecule has 0 aromatic heterocycles. The summed E-state index contributed by atoms with van der Waals surface area (Å²) in [7, 11) is 1.50. The monoisotopic (exact) mass is 238 g/mol. The van der Waals surface area contributed by atoms with Gasteiger partial charge in [0.05, 0.1) is 12.7 Å². The third kappa shape index (κ3) is 5.89. The van der Waals surface area contributed by atoms with E-state index in [1.54, 1.807) is 0 Å². The molecule has 0 aliphatic carbocycles. The van der Waals surface area contributed by atoms with Crippen LogP contribution in [0.1, 0.15) is 5.56 Å². The molecule has 17 heavy (non-hydrogen) atoms. The molecule has 0 radical (unpaired) electrons. The lowest BCUT2D eigenvalue weighted by Crippen LogP contribution is -2.40. The summed E-state index contributed by atoms with van der Waals surface area (Å²) in [6.45, 7) is 0.848. The summed E-state index contributed by atoms with van der Waals surface area (Å²) < 4.78 is 4.74. The van der Waals surface area contributed by atoms with Gasteiger partial charge in [-0.15, -0.1) is 0 Å². The summed E-state index contributed by atoms with van der Waals surface area (Å²) >= 11 is 0. The highest BCUT2D eigenvalue weighted by Crippen LogP contribution is 1.96. The molecule has 1 aromatic rings. The molecular weight excluding hydrogens is 220 g/mol. The maximum atomic E-state index is 11.4. The van der Waals surface area contributed by atoms with Crippen molar-refractivity contribution in [3.63, 3.8) is 0 Å². The van der Waals surface area contributed by atoms with Crippen LogP contribution in [0.15, 0.2) is 30.3 Å². The molecule has 1 aromatic carbocycles. The number of ether oxygens (including phenoxy) is 1. The van der Waals surface area contributed by atoms with Gasteiger partial charge in [-0.3, -0.25) is 0 Å². The van der Waals surface area contributed by atoms with Gasteiger partial charge in [0.1, 0.15) is 0 Å². The lowest BCUT2D eigenvalue weighted by atomic mass is 10.2. The molecule has 3 N–H and O–H groups in total. The number of methoxy groups -OCH3 is 1. The fraction of sp³-hybridized carbons (Fsp3) is 0.417. The van der Waals surface area contributed by atoms with E-state index < -0.39 is 6.10 Å². The normalized spacial score (nSPS) is 11.9. The van der Waals surface area contributed by atoms with E-state index in [4.69, 9.17) is 4.74 Å². The molecule has 0 saturated heterocycles. The second kappa shape index (κ2) is 7.65. The second-order valence-corrected chi connectivity index (χ2v) is 3.66. The van der Waals surface area contributed by atoms with Crippen molar-refractivity contribution in [1.29, 1.82) is 0 Å². The molecule has 2 amide bonds. The Morgan fingerprint density at radius 2 is 2.06 bits per heavy atom. The third-order valence-electron chi connectivity index (χ3n) is 2.15. The van der Waals surface area contributed by atoms with Gasteiger partial charge in [-0.25, -0.2) is 4.79 Å². The molecule has 0 bridgehead atoms. The summed E-state index contributed by atoms with van der Waals surface area (Å²) in [5.41, 5.74) is 1.03. The highest BCUT2D eigenvalue weighted by Gasteiger charge is 2.05. The maximum absolute atomic E-state index is 11.4. The van der Waals surface area contributed by atoms with Crippen LogP contribution in [-0.2, 0) is 11.3 Å². The van der Waals surface area contributed by atoms with Crippen molar-refractivity contribution in [2.75, 3.05) is 20.3 Å². The van der Waals surface area contributed by atoms with Gasteiger partial charge in [0.15, 0.2) is 0 Å². The Bertz CT molecular complexity index is 330. The van der Waals surface area contributed by atoms with Gasteiger partial charge < -0.3 is 20.5 Å². The standard InChI is InChI=1S/C12H18N2O3/c1-17-9-11(15)8-14-12(16)13-7-10-5-3-2-4-6-10/h2-6,11,15H,7-9H2,1H3,(H2,13,14,16). The Balaban J connectivity index is 2.17. The SMILES string of the molecule is COCC(O)CNC(=O)NCc1ccccc1. The van der Waals surface area contributed by atoms with E-state index in [-0.39, 0.29) is 19.2 Å². The summed E-state index contributed by atoms with van der Waals surface area (Å²) in [5, 5.41) is 14.6.